The van der Waals surface area contributed by atoms with Gasteiger partial charge in [-0.2, -0.15) is 0 Å². The number of nitrogens with one attached hydrogen (secondary N) is 9. The van der Waals surface area contributed by atoms with Crippen molar-refractivity contribution < 1.29 is 57.8 Å². The number of carbonyl (C=O) groups is 11. The molecule has 26 N–H and O–H groups in total. The molecule has 0 bridgehead atoms. The molecule has 0 aromatic heterocycles. The number of primary amides is 1. The van der Waals surface area contributed by atoms with Crippen LogP contribution in [0.3, 0.4) is 0 Å². The largest absolute Gasteiger partial charge is 0.508 e. The van der Waals surface area contributed by atoms with Gasteiger partial charge in [-0.15, -0.1) is 0 Å². The van der Waals surface area contributed by atoms with E-state index in [4.69, 9.17) is 45.9 Å². The standard InChI is InChI=1S/C68H106N22O12/c1-41(2)35-51(88-61(98)52(37-43-17-7-5-8-18-43)84-56(93)40-81-55(92)39-82-59(96)50(36-44-26-28-46(91)29-27-44)80-38-45-19-9-6-10-20-45)60(97)87-48(22-13-31-77-66(71)72)64(101)89(4)53(24-15-33-79-68(75)76)62(99)83-42(3)58(95)86-49(23-14-32-78-67(73)74)65(102)90-34-16-25-54(90)63(100)85-47(57(70)94)21-11-12-30-69/h5-10,17-20,26-29,41-42,47-54,80,91H,11-16,21-25,30-40,69H2,1-4H3,(H2,70,94)(H,81,92)(H,82,96)(H,83,99)(H,84,93)(H,85,100)(H,86,95)(H,87,97)(H,88,98)(H4,71,72,77)(H4,73,74,78)(H4,75,76,79)/t42-,47+,48+,49+,50+,51+,52+,53+,54+/m1/s1. The highest BCUT2D eigenvalue weighted by molar-refractivity contribution is 5.99. The second-order valence-electron chi connectivity index (χ2n) is 25.4. The lowest BCUT2D eigenvalue weighted by Crippen LogP contribution is -2.60. The maximum absolute atomic E-state index is 15.0. The van der Waals surface area contributed by atoms with Crippen LogP contribution in [0.4, 0.5) is 0 Å². The van der Waals surface area contributed by atoms with Gasteiger partial charge in [0.15, 0.2) is 17.9 Å². The van der Waals surface area contributed by atoms with Gasteiger partial charge in [-0.25, -0.2) is 0 Å². The molecule has 0 aliphatic carbocycles. The quantitative estimate of drug-likeness (QED) is 0.0146. The number of aliphatic imine (C=N–C) groups is 3. The molecule has 102 heavy (non-hydrogen) atoms. The summed E-state index contributed by atoms with van der Waals surface area (Å²) >= 11 is 0. The van der Waals surface area contributed by atoms with E-state index in [1.54, 1.807) is 56.3 Å². The maximum Gasteiger partial charge on any atom is 0.245 e. The van der Waals surface area contributed by atoms with E-state index in [2.05, 4.69) is 62.8 Å². The van der Waals surface area contributed by atoms with Gasteiger partial charge in [0.1, 0.15) is 54.1 Å². The van der Waals surface area contributed by atoms with Crippen molar-refractivity contribution in [2.24, 2.45) is 66.8 Å². The molecule has 4 rings (SSSR count). The van der Waals surface area contributed by atoms with E-state index < -0.39 is 132 Å². The Morgan fingerprint density at radius 1 is 0.529 bits per heavy atom. The molecule has 34 heteroatoms. The number of likely N-dealkylation sites (N-methyl/N-ethyl adjacent to an activating group) is 1. The first-order valence-electron chi connectivity index (χ1n) is 34.2. The lowest BCUT2D eigenvalue weighted by Gasteiger charge is -2.33. The molecular formula is C68H106N22O12. The fourth-order valence-electron chi connectivity index (χ4n) is 11.2. The van der Waals surface area contributed by atoms with Gasteiger partial charge in [0, 0.05) is 46.2 Å². The van der Waals surface area contributed by atoms with Crippen molar-refractivity contribution in [2.45, 2.75) is 172 Å². The summed E-state index contributed by atoms with van der Waals surface area (Å²) in [6, 6.07) is 13.5. The molecule has 1 heterocycles. The van der Waals surface area contributed by atoms with Crippen LogP contribution in [0.5, 0.6) is 5.75 Å². The van der Waals surface area contributed by atoms with Gasteiger partial charge < -0.3 is 109 Å². The average molecular weight is 1420 g/mol. The molecule has 0 radical (unpaired) electrons. The first-order chi connectivity index (χ1) is 48.6. The Kier molecular flexibility index (Phi) is 36.5. The molecule has 1 aliphatic heterocycles. The molecule has 3 aromatic rings. The summed E-state index contributed by atoms with van der Waals surface area (Å²) in [5.41, 5.74) is 47.1. The Hall–Kier alpha value is -10.6. The smallest absolute Gasteiger partial charge is 0.245 e. The molecule has 11 amide bonds. The van der Waals surface area contributed by atoms with Crippen molar-refractivity contribution in [1.29, 1.82) is 0 Å². The summed E-state index contributed by atoms with van der Waals surface area (Å²) in [7, 11) is 1.32. The highest BCUT2D eigenvalue weighted by atomic mass is 16.3. The number of amides is 11. The minimum atomic E-state index is -1.42. The number of benzene rings is 3. The van der Waals surface area contributed by atoms with Crippen LogP contribution in [-0.4, -0.2) is 205 Å². The minimum absolute atomic E-state index is 0.00681. The number of nitrogens with two attached hydrogens (primary N) is 8. The van der Waals surface area contributed by atoms with Crippen LogP contribution < -0.4 is 93.7 Å². The van der Waals surface area contributed by atoms with Crippen LogP contribution in [0.2, 0.25) is 0 Å². The molecule has 0 unspecified atom stereocenters. The highest BCUT2D eigenvalue weighted by Gasteiger charge is 2.40. The van der Waals surface area contributed by atoms with Crippen LogP contribution in [-0.2, 0) is 72.1 Å². The van der Waals surface area contributed by atoms with E-state index in [1.807, 2.05) is 30.3 Å². The molecule has 9 atom stereocenters. The van der Waals surface area contributed by atoms with Crippen molar-refractivity contribution in [1.82, 2.24) is 57.7 Å². The molecule has 1 aliphatic rings. The van der Waals surface area contributed by atoms with E-state index in [0.717, 1.165) is 16.0 Å². The van der Waals surface area contributed by atoms with Gasteiger partial charge in [-0.3, -0.25) is 67.7 Å². The van der Waals surface area contributed by atoms with E-state index >= 15 is 0 Å². The van der Waals surface area contributed by atoms with Crippen LogP contribution in [0.1, 0.15) is 115 Å². The number of hydrogen-bond acceptors (Lipinski definition) is 17. The Morgan fingerprint density at radius 2 is 1.05 bits per heavy atom. The van der Waals surface area contributed by atoms with Crippen molar-refractivity contribution in [3.63, 3.8) is 0 Å². The minimum Gasteiger partial charge on any atom is -0.508 e. The number of phenolic OH excluding ortho intramolecular Hbond substituents is 1. The number of guanidine groups is 3. The third-order valence-electron chi connectivity index (χ3n) is 16.6. The Balaban J connectivity index is 1.54. The Labute approximate surface area is 594 Å². The Morgan fingerprint density at radius 3 is 1.63 bits per heavy atom. The molecular weight excluding hydrogens is 1320 g/mol. The summed E-state index contributed by atoms with van der Waals surface area (Å²) in [5.74, 6) is -8.98. The zero-order valence-electron chi connectivity index (χ0n) is 58.7. The zero-order chi connectivity index (χ0) is 75.3. The van der Waals surface area contributed by atoms with Gasteiger partial charge in [0.25, 0.3) is 0 Å². The predicted molar refractivity (Wildman–Crippen MR) is 385 cm³/mol. The molecule has 1 fully saturated rings. The fourth-order valence-corrected chi connectivity index (χ4v) is 11.2. The lowest BCUT2D eigenvalue weighted by molar-refractivity contribution is -0.144. The molecule has 0 spiro atoms. The van der Waals surface area contributed by atoms with Crippen LogP contribution in [0, 0.1) is 5.92 Å². The first-order valence-corrected chi connectivity index (χ1v) is 34.2. The molecule has 3 aromatic carbocycles. The lowest BCUT2D eigenvalue weighted by atomic mass is 10.00. The second-order valence-corrected chi connectivity index (χ2v) is 25.4. The summed E-state index contributed by atoms with van der Waals surface area (Å²) in [6.07, 6.45) is 2.36. The topological polar surface area (TPSA) is 568 Å². The number of phenols is 1. The van der Waals surface area contributed by atoms with Gasteiger partial charge in [-0.1, -0.05) is 86.6 Å². The van der Waals surface area contributed by atoms with Gasteiger partial charge in [-0.05, 0) is 132 Å². The summed E-state index contributed by atoms with van der Waals surface area (Å²) in [6.45, 7) is 4.74. The normalized spacial score (nSPS) is 14.8. The number of rotatable bonds is 45. The zero-order valence-corrected chi connectivity index (χ0v) is 58.7. The third-order valence-corrected chi connectivity index (χ3v) is 16.6. The monoisotopic (exact) mass is 1420 g/mol. The number of likely N-dealkylation sites (tertiary alicyclic amines) is 1. The van der Waals surface area contributed by atoms with E-state index in [9.17, 15) is 57.8 Å². The number of nitrogens with zero attached hydrogens (tertiary/aromatic N) is 5. The van der Waals surface area contributed by atoms with Crippen molar-refractivity contribution >= 4 is 82.9 Å². The SMILES string of the molecule is CC(C)C[C@H](NC(=O)[C@H](Cc1ccccc1)NC(=O)CNC(=O)CNC(=O)[C@H](Cc1ccc(O)cc1)NCc1ccccc1)C(=O)N[C@@H](CCCN=C(N)N)C(=O)N(C)[C@@H](CCCN=C(N)N)C(=O)N[C@H](C)C(=O)N[C@@H](CCCN=C(N)N)C(=O)N1CCC[C@H]1C(=O)N[C@@H](CCCCN)C(N)=O. The van der Waals surface area contributed by atoms with Crippen LogP contribution >= 0.6 is 0 Å². The average Bonchev–Trinajstić information content (AvgIpc) is 1.58. The molecule has 0 saturated carbocycles. The highest BCUT2D eigenvalue weighted by Crippen LogP contribution is 2.22. The summed E-state index contributed by atoms with van der Waals surface area (Å²) in [5, 5.41) is 34.4. The van der Waals surface area contributed by atoms with Gasteiger partial charge in [0.05, 0.1) is 19.1 Å². The second kappa shape index (κ2) is 44.5. The number of aromatic hydroxyl groups is 1. The third kappa shape index (κ3) is 30.9. The van der Waals surface area contributed by atoms with E-state index in [1.165, 1.54) is 31.0 Å². The van der Waals surface area contributed by atoms with Crippen molar-refractivity contribution in [3.05, 3.63) is 102 Å². The number of hydrogen-bond donors (Lipinski definition) is 18. The Bertz CT molecular complexity index is 3310. The summed E-state index contributed by atoms with van der Waals surface area (Å²) in [4.78, 5) is 168. The van der Waals surface area contributed by atoms with E-state index in [0.29, 0.717) is 37.9 Å². The van der Waals surface area contributed by atoms with Crippen molar-refractivity contribution in [3.8, 4) is 5.75 Å². The number of unbranched alkanes of at least 4 members (excludes halogenated alkanes) is 1. The molecule has 560 valence electrons. The summed E-state index contributed by atoms with van der Waals surface area (Å²) < 4.78 is 0. The first kappa shape index (κ1) is 83.8. The molecule has 1 saturated heterocycles. The van der Waals surface area contributed by atoms with Crippen LogP contribution in [0.15, 0.2) is 99.9 Å². The van der Waals surface area contributed by atoms with Gasteiger partial charge in [0.2, 0.25) is 65.0 Å². The van der Waals surface area contributed by atoms with Crippen molar-refractivity contribution in [2.75, 3.05) is 52.9 Å². The van der Waals surface area contributed by atoms with Crippen LogP contribution in [0.25, 0.3) is 0 Å². The van der Waals surface area contributed by atoms with E-state index in [-0.39, 0.29) is 126 Å². The number of carbonyl (C=O) groups excluding carboxylic acids is 11. The fraction of sp³-hybridized carbons (Fsp3) is 0.529. The van der Waals surface area contributed by atoms with Gasteiger partial charge >= 0.3 is 0 Å². The maximum atomic E-state index is 15.0. The molecule has 34 nitrogen and oxygen atoms in total. The predicted octanol–water partition coefficient (Wildman–Crippen LogP) is -3.86.